The van der Waals surface area contributed by atoms with Gasteiger partial charge in [0.15, 0.2) is 0 Å². The number of nitrogen functional groups attached to an aromatic ring is 1. The largest absolute Gasteiger partial charge is 0.480 e. The zero-order chi connectivity index (χ0) is 13.1. The number of carboxylic acids is 1. The van der Waals surface area contributed by atoms with E-state index in [-0.39, 0.29) is 0 Å². The van der Waals surface area contributed by atoms with E-state index in [1.807, 2.05) is 36.4 Å². The molecule has 0 fully saturated rings. The van der Waals surface area contributed by atoms with Crippen LogP contribution in [0.4, 0.5) is 5.69 Å². The van der Waals surface area contributed by atoms with E-state index in [9.17, 15) is 4.79 Å². The molecule has 18 heavy (non-hydrogen) atoms. The molecule has 4 nitrogen and oxygen atoms in total. The van der Waals surface area contributed by atoms with Gasteiger partial charge in [0.1, 0.15) is 6.04 Å². The molecule has 0 saturated carbocycles. The van der Waals surface area contributed by atoms with Gasteiger partial charge in [-0.2, -0.15) is 0 Å². The first-order valence-corrected chi connectivity index (χ1v) is 5.52. The number of aliphatic carboxylic acids is 1. The molecular weight excluding hydrogens is 228 g/mol. The second-order valence-electron chi connectivity index (χ2n) is 4.06. The van der Waals surface area contributed by atoms with E-state index in [2.05, 4.69) is 0 Å². The Balaban J connectivity index is 2.27. The number of hydrogen-bond acceptors (Lipinski definition) is 3. The summed E-state index contributed by atoms with van der Waals surface area (Å²) in [4.78, 5) is 10.8. The van der Waals surface area contributed by atoms with E-state index < -0.39 is 12.0 Å². The van der Waals surface area contributed by atoms with Gasteiger partial charge in [-0.1, -0.05) is 36.4 Å². The molecule has 0 aliphatic heterocycles. The number of benzene rings is 2. The minimum atomic E-state index is -1.03. The molecule has 0 aliphatic carbocycles. The molecule has 0 spiro atoms. The molecule has 0 amide bonds. The van der Waals surface area contributed by atoms with Gasteiger partial charge in [0, 0.05) is 5.69 Å². The fraction of sp³-hybridized carbons (Fsp3) is 0.0714. The summed E-state index contributed by atoms with van der Waals surface area (Å²) in [6, 6.07) is 13.7. The maximum Gasteiger partial charge on any atom is 0.325 e. The quantitative estimate of drug-likeness (QED) is 0.718. The predicted molar refractivity (Wildman–Crippen MR) is 70.9 cm³/mol. The molecular formula is C14H14N2O2. The number of carbonyl (C=O) groups is 1. The lowest BCUT2D eigenvalue weighted by atomic mass is 10.0. The van der Waals surface area contributed by atoms with Crippen LogP contribution in [-0.2, 0) is 4.79 Å². The van der Waals surface area contributed by atoms with Gasteiger partial charge in [0.2, 0.25) is 0 Å². The number of rotatable bonds is 3. The van der Waals surface area contributed by atoms with Crippen molar-refractivity contribution < 1.29 is 9.90 Å². The van der Waals surface area contributed by atoms with Gasteiger partial charge in [-0.25, -0.2) is 0 Å². The molecule has 0 aliphatic rings. The van der Waals surface area contributed by atoms with E-state index in [4.69, 9.17) is 16.6 Å². The van der Waals surface area contributed by atoms with Gasteiger partial charge < -0.3 is 16.6 Å². The third-order valence-corrected chi connectivity index (χ3v) is 2.78. The Bertz CT molecular complexity index is 547. The van der Waals surface area contributed by atoms with Crippen molar-refractivity contribution in [3.8, 4) is 11.1 Å². The maximum absolute atomic E-state index is 10.8. The van der Waals surface area contributed by atoms with Crippen LogP contribution in [0.3, 0.4) is 0 Å². The Morgan fingerprint density at radius 2 is 1.39 bits per heavy atom. The first kappa shape index (κ1) is 12.1. The Labute approximate surface area is 105 Å². The average molecular weight is 242 g/mol. The second-order valence-corrected chi connectivity index (χ2v) is 4.06. The molecule has 0 aromatic heterocycles. The van der Waals surface area contributed by atoms with Crippen LogP contribution < -0.4 is 11.5 Å². The van der Waals surface area contributed by atoms with Crippen LogP contribution in [0, 0.1) is 0 Å². The SMILES string of the molecule is Nc1ccc(-c2ccc([C@H](N)C(=O)O)cc2)cc1. The minimum absolute atomic E-state index is 0.585. The van der Waals surface area contributed by atoms with Crippen LogP contribution in [0.2, 0.25) is 0 Å². The highest BCUT2D eigenvalue weighted by molar-refractivity contribution is 5.76. The Morgan fingerprint density at radius 1 is 0.944 bits per heavy atom. The summed E-state index contributed by atoms with van der Waals surface area (Å²) < 4.78 is 0. The predicted octanol–water partition coefficient (Wildman–Crippen LogP) is 2.02. The monoisotopic (exact) mass is 242 g/mol. The highest BCUT2D eigenvalue weighted by Gasteiger charge is 2.13. The number of hydrogen-bond donors (Lipinski definition) is 3. The summed E-state index contributed by atoms with van der Waals surface area (Å²) in [6.45, 7) is 0. The molecule has 2 aromatic carbocycles. The fourth-order valence-corrected chi connectivity index (χ4v) is 1.70. The fourth-order valence-electron chi connectivity index (χ4n) is 1.70. The summed E-state index contributed by atoms with van der Waals surface area (Å²) in [5, 5.41) is 8.81. The normalized spacial score (nSPS) is 12.1. The molecule has 0 saturated heterocycles. The van der Waals surface area contributed by atoms with Gasteiger partial charge in [0.05, 0.1) is 0 Å². The van der Waals surface area contributed by atoms with Crippen molar-refractivity contribution in [1.29, 1.82) is 0 Å². The Hall–Kier alpha value is -2.33. The summed E-state index contributed by atoms with van der Waals surface area (Å²) >= 11 is 0. The van der Waals surface area contributed by atoms with Crippen LogP contribution >= 0.6 is 0 Å². The number of carboxylic acid groups (broad SMARTS) is 1. The van der Waals surface area contributed by atoms with Crippen molar-refractivity contribution in [3.63, 3.8) is 0 Å². The van der Waals surface area contributed by atoms with Gasteiger partial charge in [0.25, 0.3) is 0 Å². The third-order valence-electron chi connectivity index (χ3n) is 2.78. The van der Waals surface area contributed by atoms with Gasteiger partial charge in [-0.15, -0.1) is 0 Å². The average Bonchev–Trinajstić information content (AvgIpc) is 2.39. The molecule has 0 unspecified atom stereocenters. The first-order chi connectivity index (χ1) is 8.58. The lowest BCUT2D eigenvalue weighted by molar-refractivity contribution is -0.138. The molecule has 92 valence electrons. The smallest absolute Gasteiger partial charge is 0.325 e. The van der Waals surface area contributed by atoms with Crippen LogP contribution in [0.25, 0.3) is 11.1 Å². The van der Waals surface area contributed by atoms with E-state index in [0.717, 1.165) is 11.1 Å². The number of nitrogens with two attached hydrogens (primary N) is 2. The summed E-state index contributed by atoms with van der Waals surface area (Å²) in [5.74, 6) is -1.03. The molecule has 5 N–H and O–H groups in total. The van der Waals surface area contributed by atoms with Crippen molar-refractivity contribution in [3.05, 3.63) is 54.1 Å². The number of anilines is 1. The zero-order valence-electron chi connectivity index (χ0n) is 9.71. The molecule has 2 rings (SSSR count). The zero-order valence-corrected chi connectivity index (χ0v) is 9.71. The van der Waals surface area contributed by atoms with Crippen molar-refractivity contribution in [2.75, 3.05) is 5.73 Å². The Morgan fingerprint density at radius 3 is 1.83 bits per heavy atom. The maximum atomic E-state index is 10.8. The molecule has 0 bridgehead atoms. The molecule has 0 radical (unpaired) electrons. The van der Waals surface area contributed by atoms with Crippen molar-refractivity contribution in [2.45, 2.75) is 6.04 Å². The highest BCUT2D eigenvalue weighted by Crippen LogP contribution is 2.22. The molecule has 1 atom stereocenters. The van der Waals surface area contributed by atoms with Crippen molar-refractivity contribution in [2.24, 2.45) is 5.73 Å². The Kier molecular flexibility index (Phi) is 3.30. The molecule has 4 heteroatoms. The first-order valence-electron chi connectivity index (χ1n) is 5.52. The van der Waals surface area contributed by atoms with Crippen molar-refractivity contribution >= 4 is 11.7 Å². The standard InChI is InChI=1S/C14H14N2O2/c15-12-7-5-10(6-8-12)9-1-3-11(4-2-9)13(16)14(17)18/h1-8,13H,15-16H2,(H,17,18)/t13-/m0/s1. The van der Waals surface area contributed by atoms with Crippen LogP contribution in [-0.4, -0.2) is 11.1 Å². The van der Waals surface area contributed by atoms with E-state index in [1.54, 1.807) is 12.1 Å². The van der Waals surface area contributed by atoms with Gasteiger partial charge in [-0.3, -0.25) is 4.79 Å². The lowest BCUT2D eigenvalue weighted by Gasteiger charge is -2.08. The van der Waals surface area contributed by atoms with E-state index >= 15 is 0 Å². The van der Waals surface area contributed by atoms with E-state index in [0.29, 0.717) is 11.3 Å². The summed E-state index contributed by atoms with van der Waals surface area (Å²) in [6.07, 6.45) is 0. The van der Waals surface area contributed by atoms with Gasteiger partial charge in [-0.05, 0) is 28.8 Å². The summed E-state index contributed by atoms with van der Waals surface area (Å²) in [5.41, 5.74) is 14.5. The molecule has 0 heterocycles. The summed E-state index contributed by atoms with van der Waals surface area (Å²) in [7, 11) is 0. The third kappa shape index (κ3) is 2.49. The van der Waals surface area contributed by atoms with Crippen molar-refractivity contribution in [1.82, 2.24) is 0 Å². The van der Waals surface area contributed by atoms with Crippen LogP contribution in [0.1, 0.15) is 11.6 Å². The minimum Gasteiger partial charge on any atom is -0.480 e. The van der Waals surface area contributed by atoms with E-state index in [1.165, 1.54) is 0 Å². The van der Waals surface area contributed by atoms with Gasteiger partial charge >= 0.3 is 5.97 Å². The highest BCUT2D eigenvalue weighted by atomic mass is 16.4. The van der Waals surface area contributed by atoms with Crippen LogP contribution in [0.15, 0.2) is 48.5 Å². The second kappa shape index (κ2) is 4.89. The molecule has 2 aromatic rings. The topological polar surface area (TPSA) is 89.3 Å². The lowest BCUT2D eigenvalue weighted by Crippen LogP contribution is -2.20. The van der Waals surface area contributed by atoms with Crippen LogP contribution in [0.5, 0.6) is 0 Å².